The third kappa shape index (κ3) is 6.91. The fourth-order valence-corrected chi connectivity index (χ4v) is 5.25. The molecular weight excluding hydrogens is 619 g/mol. The first-order chi connectivity index (χ1) is 19.5. The molecule has 0 bridgehead atoms. The number of H-pyrrole nitrogens is 1. The number of hydrogen-bond donors (Lipinski definition) is 3. The van der Waals surface area contributed by atoms with Crippen LogP contribution in [0.15, 0.2) is 70.5 Å². The maximum absolute atomic E-state index is 14.5. The number of aromatic amines is 1. The molecule has 0 saturated carbocycles. The summed E-state index contributed by atoms with van der Waals surface area (Å²) in [5.41, 5.74) is -5.35. The van der Waals surface area contributed by atoms with Crippen LogP contribution in [0.3, 0.4) is 0 Å². The molecule has 222 valence electrons. The van der Waals surface area contributed by atoms with E-state index in [0.717, 1.165) is 6.20 Å². The van der Waals surface area contributed by atoms with E-state index in [1.165, 1.54) is 0 Å². The van der Waals surface area contributed by atoms with Crippen molar-refractivity contribution in [2.24, 2.45) is 0 Å². The summed E-state index contributed by atoms with van der Waals surface area (Å²) in [6.45, 7) is -1.05. The molecule has 4 aromatic rings. The predicted molar refractivity (Wildman–Crippen MR) is 138 cm³/mol. The zero-order chi connectivity index (χ0) is 31.0. The van der Waals surface area contributed by atoms with Crippen molar-refractivity contribution >= 4 is 38.4 Å². The van der Waals surface area contributed by atoms with E-state index >= 15 is 0 Å². The van der Waals surface area contributed by atoms with E-state index in [1.54, 1.807) is 24.3 Å². The van der Waals surface area contributed by atoms with Gasteiger partial charge in [0.15, 0.2) is 0 Å². The van der Waals surface area contributed by atoms with Gasteiger partial charge in [0.05, 0.1) is 22.0 Å². The first-order valence-corrected chi connectivity index (χ1v) is 13.5. The van der Waals surface area contributed by atoms with Crippen molar-refractivity contribution in [3.8, 4) is 0 Å². The second-order valence-electron chi connectivity index (χ2n) is 8.91. The molecule has 0 atom stereocenters. The maximum Gasteiger partial charge on any atom is 0.416 e. The molecule has 0 saturated heterocycles. The summed E-state index contributed by atoms with van der Waals surface area (Å²) in [5.74, 6) is -2.09. The average molecular weight is 636 g/mol. The van der Waals surface area contributed by atoms with Crippen molar-refractivity contribution in [2.75, 3.05) is 0 Å². The number of fused-ring (bicyclic) bond motifs is 1. The maximum atomic E-state index is 14.5. The van der Waals surface area contributed by atoms with Crippen LogP contribution in [0.4, 0.5) is 30.7 Å². The quantitative estimate of drug-likeness (QED) is 0.224. The minimum Gasteiger partial charge on any atom is -0.359 e. The summed E-state index contributed by atoms with van der Waals surface area (Å²) in [6.07, 6.45) is -9.43. The Kier molecular flexibility index (Phi) is 8.40. The van der Waals surface area contributed by atoms with E-state index < -0.39 is 84.1 Å². The summed E-state index contributed by atoms with van der Waals surface area (Å²) in [5, 5.41) is 2.39. The Labute approximate surface area is 237 Å². The van der Waals surface area contributed by atoms with Crippen LogP contribution in [0.25, 0.3) is 10.9 Å². The van der Waals surface area contributed by atoms with Crippen molar-refractivity contribution in [3.05, 3.63) is 110 Å². The number of halogens is 8. The molecule has 1 amide bonds. The number of alkyl halides is 6. The number of amides is 1. The molecule has 0 aliphatic heterocycles. The van der Waals surface area contributed by atoms with E-state index in [1.807, 2.05) is 4.72 Å². The van der Waals surface area contributed by atoms with Gasteiger partial charge < -0.3 is 10.3 Å². The molecule has 0 aliphatic rings. The minimum atomic E-state index is -5.16. The molecule has 42 heavy (non-hydrogen) atoms. The highest BCUT2D eigenvalue weighted by Gasteiger charge is 2.37. The second kappa shape index (κ2) is 11.4. The van der Waals surface area contributed by atoms with E-state index in [2.05, 4.69) is 10.3 Å². The smallest absolute Gasteiger partial charge is 0.359 e. The molecule has 3 aromatic carbocycles. The van der Waals surface area contributed by atoms with Gasteiger partial charge in [0.1, 0.15) is 16.3 Å². The molecule has 16 heteroatoms. The van der Waals surface area contributed by atoms with Crippen LogP contribution in [0, 0.1) is 5.82 Å². The summed E-state index contributed by atoms with van der Waals surface area (Å²) in [4.78, 5) is 27.2. The summed E-state index contributed by atoms with van der Waals surface area (Å²) in [6, 6.07) is 8.11. The number of nitrogens with one attached hydrogen (secondary N) is 3. The van der Waals surface area contributed by atoms with Crippen LogP contribution in [0.2, 0.25) is 5.02 Å². The molecule has 0 aliphatic carbocycles. The molecule has 0 radical (unpaired) electrons. The lowest BCUT2D eigenvalue weighted by Gasteiger charge is -2.15. The topological polar surface area (TPSA) is 108 Å². The third-order valence-electron chi connectivity index (χ3n) is 5.93. The third-order valence-corrected chi connectivity index (χ3v) is 7.61. The first kappa shape index (κ1) is 31.0. The van der Waals surface area contributed by atoms with Gasteiger partial charge in [-0.3, -0.25) is 9.59 Å². The number of benzene rings is 3. The van der Waals surface area contributed by atoms with Crippen LogP contribution in [0.1, 0.15) is 32.6 Å². The van der Waals surface area contributed by atoms with Crippen LogP contribution in [-0.2, 0) is 35.5 Å². The van der Waals surface area contributed by atoms with Crippen molar-refractivity contribution in [1.82, 2.24) is 15.0 Å². The van der Waals surface area contributed by atoms with Crippen molar-refractivity contribution in [3.63, 3.8) is 0 Å². The molecule has 1 aromatic heterocycles. The Hall–Kier alpha value is -3.95. The highest BCUT2D eigenvalue weighted by molar-refractivity contribution is 7.89. The van der Waals surface area contributed by atoms with Crippen molar-refractivity contribution < 1.29 is 43.9 Å². The zero-order valence-electron chi connectivity index (χ0n) is 20.8. The molecule has 4 rings (SSSR count). The summed E-state index contributed by atoms with van der Waals surface area (Å²) >= 11 is 5.81. The van der Waals surface area contributed by atoms with Crippen LogP contribution >= 0.6 is 11.6 Å². The fourth-order valence-electron chi connectivity index (χ4n) is 3.90. The standard InChI is InChI=1S/C26H17ClF7N3O4S/c27-17-3-1-13(2-4-17)10-36-24(39)20-12-35-22-19(23(20)38)8-18(28)9-21(22)42(40,41)37-11-14-5-15(25(29,30)31)7-16(6-14)26(32,33)34/h1-9,12,37H,10-11H2,(H,35,38)(H,36,39). The monoisotopic (exact) mass is 635 g/mol. The second-order valence-corrected chi connectivity index (χ2v) is 11.1. The molecule has 3 N–H and O–H groups in total. The summed E-state index contributed by atoms with van der Waals surface area (Å²) in [7, 11) is -4.84. The van der Waals surface area contributed by atoms with Crippen LogP contribution < -0.4 is 15.5 Å². The number of hydrogen-bond acceptors (Lipinski definition) is 4. The molecule has 0 fully saturated rings. The Morgan fingerprint density at radius 2 is 1.45 bits per heavy atom. The van der Waals surface area contributed by atoms with Gasteiger partial charge in [-0.05, 0) is 53.6 Å². The van der Waals surface area contributed by atoms with Gasteiger partial charge in [-0.25, -0.2) is 17.5 Å². The Balaban J connectivity index is 1.64. The zero-order valence-corrected chi connectivity index (χ0v) is 22.3. The molecular formula is C26H17ClF7N3O4S. The largest absolute Gasteiger partial charge is 0.416 e. The minimum absolute atomic E-state index is 0.00816. The van der Waals surface area contributed by atoms with Gasteiger partial charge >= 0.3 is 12.4 Å². The number of carbonyl (C=O) groups excluding carboxylic acids is 1. The first-order valence-electron chi connectivity index (χ1n) is 11.6. The van der Waals surface area contributed by atoms with Gasteiger partial charge in [-0.15, -0.1) is 0 Å². The van der Waals surface area contributed by atoms with E-state index in [-0.39, 0.29) is 12.6 Å². The average Bonchev–Trinajstić information content (AvgIpc) is 2.90. The van der Waals surface area contributed by atoms with Gasteiger partial charge in [-0.2, -0.15) is 26.3 Å². The number of pyridine rings is 1. The van der Waals surface area contributed by atoms with Gasteiger partial charge in [0, 0.05) is 24.3 Å². The number of aromatic nitrogens is 1. The van der Waals surface area contributed by atoms with Gasteiger partial charge in [0.25, 0.3) is 5.91 Å². The fraction of sp³-hybridized carbons (Fsp3) is 0.154. The molecule has 0 spiro atoms. The van der Waals surface area contributed by atoms with E-state index in [4.69, 9.17) is 11.6 Å². The Bertz CT molecular complexity index is 1810. The Morgan fingerprint density at radius 1 is 0.857 bits per heavy atom. The predicted octanol–water partition coefficient (Wildman–Crippen LogP) is 5.77. The normalized spacial score (nSPS) is 12.5. The van der Waals surface area contributed by atoms with Crippen LogP contribution in [-0.4, -0.2) is 19.3 Å². The van der Waals surface area contributed by atoms with Crippen molar-refractivity contribution in [1.29, 1.82) is 0 Å². The number of rotatable bonds is 7. The summed E-state index contributed by atoms with van der Waals surface area (Å²) < 4.78 is 121. The lowest BCUT2D eigenvalue weighted by Crippen LogP contribution is -2.29. The van der Waals surface area contributed by atoms with E-state index in [0.29, 0.717) is 34.9 Å². The molecule has 0 unspecified atom stereocenters. The van der Waals surface area contributed by atoms with Crippen LogP contribution in [0.5, 0.6) is 0 Å². The van der Waals surface area contributed by atoms with Gasteiger partial charge in [0.2, 0.25) is 15.5 Å². The van der Waals surface area contributed by atoms with Gasteiger partial charge in [-0.1, -0.05) is 23.7 Å². The van der Waals surface area contributed by atoms with Crippen molar-refractivity contribution in [2.45, 2.75) is 30.3 Å². The van der Waals surface area contributed by atoms with E-state index in [9.17, 15) is 48.7 Å². The highest BCUT2D eigenvalue weighted by atomic mass is 35.5. The molecule has 1 heterocycles. The molecule has 7 nitrogen and oxygen atoms in total. The number of sulfonamides is 1. The number of carbonyl (C=O) groups is 1. The SMILES string of the molecule is O=C(NCc1ccc(Cl)cc1)c1c[nH]c2c(S(=O)(=O)NCc3cc(C(F)(F)F)cc(C(F)(F)F)c3)cc(F)cc2c1=O. The Morgan fingerprint density at radius 3 is 2.02 bits per heavy atom. The lowest BCUT2D eigenvalue weighted by atomic mass is 10.0. The lowest BCUT2D eigenvalue weighted by molar-refractivity contribution is -0.143. The highest BCUT2D eigenvalue weighted by Crippen LogP contribution is 2.36.